The van der Waals surface area contributed by atoms with Gasteiger partial charge in [0.2, 0.25) is 11.3 Å². The molecule has 0 radical (unpaired) electrons. The first-order valence-electron chi connectivity index (χ1n) is 10.1. The zero-order valence-electron chi connectivity index (χ0n) is 17.7. The predicted molar refractivity (Wildman–Crippen MR) is 113 cm³/mol. The van der Waals surface area contributed by atoms with Crippen molar-refractivity contribution in [2.45, 2.75) is 19.8 Å². The number of esters is 2. The molecule has 2 aromatic rings. The number of benzene rings is 2. The van der Waals surface area contributed by atoms with Gasteiger partial charge in [0, 0.05) is 18.7 Å². The molecular formula is C24H24N2O5. The van der Waals surface area contributed by atoms with Crippen molar-refractivity contribution in [3.63, 3.8) is 0 Å². The third-order valence-corrected chi connectivity index (χ3v) is 5.69. The van der Waals surface area contributed by atoms with Crippen LogP contribution in [0.4, 0.5) is 5.69 Å². The number of carbonyl (C=O) groups is 3. The highest BCUT2D eigenvalue weighted by Gasteiger charge is 2.91. The van der Waals surface area contributed by atoms with Gasteiger partial charge in [-0.15, -0.1) is 0 Å². The van der Waals surface area contributed by atoms with Crippen LogP contribution in [0.3, 0.4) is 0 Å². The maximum atomic E-state index is 13.8. The third-order valence-electron chi connectivity index (χ3n) is 5.69. The number of carbonyl (C=O) groups excluding carboxylic acids is 3. The van der Waals surface area contributed by atoms with E-state index in [1.54, 1.807) is 74.5 Å². The van der Waals surface area contributed by atoms with Crippen molar-refractivity contribution in [2.75, 3.05) is 25.2 Å². The smallest absolute Gasteiger partial charge is 0.326 e. The normalized spacial score (nSPS) is 20.8. The van der Waals surface area contributed by atoms with Gasteiger partial charge in [-0.2, -0.15) is 5.26 Å². The Morgan fingerprint density at radius 1 is 0.935 bits per heavy atom. The van der Waals surface area contributed by atoms with Crippen LogP contribution in [-0.2, 0) is 23.9 Å². The largest absolute Gasteiger partial charge is 0.465 e. The Hall–Kier alpha value is -3.66. The fourth-order valence-electron chi connectivity index (χ4n) is 4.28. The number of ether oxygens (including phenoxy) is 2. The first-order valence-corrected chi connectivity index (χ1v) is 10.1. The van der Waals surface area contributed by atoms with Gasteiger partial charge in [-0.05, 0) is 31.5 Å². The van der Waals surface area contributed by atoms with Gasteiger partial charge in [0.05, 0.1) is 19.3 Å². The Labute approximate surface area is 181 Å². The van der Waals surface area contributed by atoms with Gasteiger partial charge < -0.3 is 14.4 Å². The molecular weight excluding hydrogens is 396 g/mol. The summed E-state index contributed by atoms with van der Waals surface area (Å²) in [5.74, 6) is -3.57. The summed E-state index contributed by atoms with van der Waals surface area (Å²) in [6.07, 6.45) is 0. The van der Waals surface area contributed by atoms with Gasteiger partial charge in [-0.25, -0.2) is 0 Å². The maximum absolute atomic E-state index is 13.8. The second-order valence-corrected chi connectivity index (χ2v) is 7.21. The summed E-state index contributed by atoms with van der Waals surface area (Å²) in [7, 11) is 1.51. The van der Waals surface area contributed by atoms with E-state index in [0.717, 1.165) is 0 Å². The molecule has 31 heavy (non-hydrogen) atoms. The molecule has 0 saturated heterocycles. The van der Waals surface area contributed by atoms with E-state index < -0.39 is 34.6 Å². The topological polar surface area (TPSA) is 96.7 Å². The molecule has 3 rings (SSSR count). The summed E-state index contributed by atoms with van der Waals surface area (Å²) in [5, 5.41) is 10.3. The standard InChI is InChI=1S/C24H24N2O5/c1-4-30-21(28)24(22(29)31-5-2)19(17-12-8-6-9-13-17)23(24,16-25)20(27)26(3)18-14-10-7-11-15-18/h6-15,19H,4-5H2,1-3H3/t19-,23+/m0/s1. The fourth-order valence-corrected chi connectivity index (χ4v) is 4.28. The van der Waals surface area contributed by atoms with E-state index >= 15 is 0 Å². The average Bonchev–Trinajstić information content (AvgIpc) is 3.45. The van der Waals surface area contributed by atoms with Crippen LogP contribution in [0.5, 0.6) is 0 Å². The van der Waals surface area contributed by atoms with Gasteiger partial charge >= 0.3 is 11.9 Å². The molecule has 0 bridgehead atoms. The van der Waals surface area contributed by atoms with Crippen LogP contribution in [-0.4, -0.2) is 38.1 Å². The van der Waals surface area contributed by atoms with Crippen LogP contribution in [0.15, 0.2) is 60.7 Å². The monoisotopic (exact) mass is 420 g/mol. The third kappa shape index (κ3) is 3.15. The lowest BCUT2D eigenvalue weighted by Crippen LogP contribution is -2.43. The van der Waals surface area contributed by atoms with E-state index in [1.807, 2.05) is 6.07 Å². The van der Waals surface area contributed by atoms with Crippen molar-refractivity contribution in [1.29, 1.82) is 5.26 Å². The number of amides is 1. The van der Waals surface area contributed by atoms with E-state index in [0.29, 0.717) is 11.3 Å². The molecule has 7 nitrogen and oxygen atoms in total. The molecule has 1 aliphatic rings. The minimum atomic E-state index is -2.09. The van der Waals surface area contributed by atoms with Crippen molar-refractivity contribution < 1.29 is 23.9 Å². The molecule has 0 heterocycles. The molecule has 0 aromatic heterocycles. The summed E-state index contributed by atoms with van der Waals surface area (Å²) >= 11 is 0. The number of hydrogen-bond donors (Lipinski definition) is 0. The van der Waals surface area contributed by atoms with Crippen LogP contribution in [0.2, 0.25) is 0 Å². The molecule has 2 atom stereocenters. The Bertz CT molecular complexity index is 997. The fraction of sp³-hybridized carbons (Fsp3) is 0.333. The molecule has 2 aromatic carbocycles. The highest BCUT2D eigenvalue weighted by Crippen LogP contribution is 2.75. The number of nitriles is 1. The summed E-state index contributed by atoms with van der Waals surface area (Å²) in [4.78, 5) is 41.5. The first kappa shape index (κ1) is 22.0. The summed E-state index contributed by atoms with van der Waals surface area (Å²) in [6.45, 7) is 3.18. The molecule has 1 aliphatic carbocycles. The number of nitrogens with zero attached hydrogens (tertiary/aromatic N) is 2. The Morgan fingerprint density at radius 3 is 1.87 bits per heavy atom. The Morgan fingerprint density at radius 2 is 1.42 bits per heavy atom. The molecule has 0 aliphatic heterocycles. The van der Waals surface area contributed by atoms with Crippen LogP contribution in [0.1, 0.15) is 25.3 Å². The van der Waals surface area contributed by atoms with Crippen LogP contribution < -0.4 is 4.90 Å². The van der Waals surface area contributed by atoms with Gasteiger partial charge in [0.1, 0.15) is 0 Å². The van der Waals surface area contributed by atoms with Gasteiger partial charge in [-0.3, -0.25) is 14.4 Å². The van der Waals surface area contributed by atoms with Gasteiger partial charge in [-0.1, -0.05) is 48.5 Å². The highest BCUT2D eigenvalue weighted by molar-refractivity contribution is 6.19. The lowest BCUT2D eigenvalue weighted by atomic mass is 9.92. The maximum Gasteiger partial charge on any atom is 0.326 e. The Balaban J connectivity index is 2.22. The minimum absolute atomic E-state index is 0.00821. The number of anilines is 1. The summed E-state index contributed by atoms with van der Waals surface area (Å²) in [5.41, 5.74) is -3.05. The van der Waals surface area contributed by atoms with Crippen LogP contribution in [0.25, 0.3) is 0 Å². The van der Waals surface area contributed by atoms with E-state index in [9.17, 15) is 19.6 Å². The molecule has 0 N–H and O–H groups in total. The zero-order valence-corrected chi connectivity index (χ0v) is 17.7. The van der Waals surface area contributed by atoms with E-state index in [2.05, 4.69) is 0 Å². The van der Waals surface area contributed by atoms with Crippen molar-refractivity contribution in [2.24, 2.45) is 10.8 Å². The quantitative estimate of drug-likeness (QED) is 0.504. The number of para-hydroxylation sites is 1. The molecule has 7 heteroatoms. The van der Waals surface area contributed by atoms with Gasteiger partial charge in [0.25, 0.3) is 0 Å². The lowest BCUT2D eigenvalue weighted by molar-refractivity contribution is -0.167. The van der Waals surface area contributed by atoms with E-state index in [1.165, 1.54) is 11.9 Å². The zero-order chi connectivity index (χ0) is 22.6. The van der Waals surface area contributed by atoms with Gasteiger partial charge in [0.15, 0.2) is 5.41 Å². The molecule has 1 saturated carbocycles. The Kier molecular flexibility index (Phi) is 6.11. The molecule has 1 amide bonds. The van der Waals surface area contributed by atoms with Crippen LogP contribution >= 0.6 is 0 Å². The first-order chi connectivity index (χ1) is 14.9. The molecule has 1 fully saturated rings. The highest BCUT2D eigenvalue weighted by atomic mass is 16.6. The second kappa shape index (κ2) is 8.60. The summed E-state index contributed by atoms with van der Waals surface area (Å²) < 4.78 is 10.4. The number of rotatable bonds is 7. The average molecular weight is 420 g/mol. The minimum Gasteiger partial charge on any atom is -0.465 e. The van der Waals surface area contributed by atoms with E-state index in [4.69, 9.17) is 9.47 Å². The number of hydrogen-bond acceptors (Lipinski definition) is 6. The van der Waals surface area contributed by atoms with Crippen molar-refractivity contribution in [3.8, 4) is 6.07 Å². The summed E-state index contributed by atoms with van der Waals surface area (Å²) in [6, 6.07) is 19.3. The second-order valence-electron chi connectivity index (χ2n) is 7.21. The van der Waals surface area contributed by atoms with Crippen LogP contribution in [0, 0.1) is 22.2 Å². The SMILES string of the molecule is CCOC(=O)C1(C(=O)OCC)[C@@H](c2ccccc2)[C@]1(C#N)C(=O)N(C)c1ccccc1. The molecule has 0 unspecified atom stereocenters. The lowest BCUT2D eigenvalue weighted by Gasteiger charge is -2.23. The van der Waals surface area contributed by atoms with Crippen molar-refractivity contribution in [1.82, 2.24) is 0 Å². The van der Waals surface area contributed by atoms with Crippen molar-refractivity contribution >= 4 is 23.5 Å². The molecule has 160 valence electrons. The predicted octanol–water partition coefficient (Wildman–Crippen LogP) is 3.07. The van der Waals surface area contributed by atoms with Crippen molar-refractivity contribution in [3.05, 3.63) is 66.2 Å². The molecule has 0 spiro atoms. The van der Waals surface area contributed by atoms with E-state index in [-0.39, 0.29) is 13.2 Å².